The zero-order valence-corrected chi connectivity index (χ0v) is 23.1. The molecule has 3 aromatic carbocycles. The van der Waals surface area contributed by atoms with E-state index in [2.05, 4.69) is 5.10 Å². The van der Waals surface area contributed by atoms with E-state index in [0.29, 0.717) is 39.2 Å². The van der Waals surface area contributed by atoms with Gasteiger partial charge in [0.25, 0.3) is 11.2 Å². The lowest BCUT2D eigenvalue weighted by atomic mass is 10.0. The average Bonchev–Trinajstić information content (AvgIpc) is 3.44. The van der Waals surface area contributed by atoms with Crippen LogP contribution in [0.4, 0.5) is 14.5 Å². The van der Waals surface area contributed by atoms with Crippen LogP contribution in [0.3, 0.4) is 0 Å². The van der Waals surface area contributed by atoms with Gasteiger partial charge in [0.05, 0.1) is 16.7 Å². The van der Waals surface area contributed by atoms with Gasteiger partial charge in [0.2, 0.25) is 0 Å². The van der Waals surface area contributed by atoms with E-state index < -0.39 is 27.9 Å². The number of pyridine rings is 1. The number of carbonyl (C=O) groups is 1. The van der Waals surface area contributed by atoms with E-state index in [9.17, 15) is 24.1 Å². The molecule has 0 N–H and O–H groups in total. The van der Waals surface area contributed by atoms with E-state index in [4.69, 9.17) is 4.74 Å². The zero-order valence-electron chi connectivity index (χ0n) is 23.1. The van der Waals surface area contributed by atoms with Crippen molar-refractivity contribution < 1.29 is 23.2 Å². The van der Waals surface area contributed by atoms with Gasteiger partial charge >= 0.3 is 0 Å². The minimum atomic E-state index is -0.720. The average molecular weight is 593 g/mol. The summed E-state index contributed by atoms with van der Waals surface area (Å²) in [7, 11) is 0. The number of halogens is 2. The highest BCUT2D eigenvalue weighted by atomic mass is 19.1. The largest absolute Gasteiger partial charge is 0.452 e. The van der Waals surface area contributed by atoms with Crippen LogP contribution in [0.1, 0.15) is 21.5 Å². The second-order valence-corrected chi connectivity index (χ2v) is 10.0. The molecule has 0 aliphatic carbocycles. The number of nitro benzene ring substituents is 1. The molecule has 0 unspecified atom stereocenters. The van der Waals surface area contributed by atoms with Crippen molar-refractivity contribution in [3.8, 4) is 28.3 Å². The molecule has 0 radical (unpaired) electrons. The summed E-state index contributed by atoms with van der Waals surface area (Å²) in [5, 5.41) is 15.3. The number of ether oxygens (including phenoxy) is 1. The maximum absolute atomic E-state index is 15.3. The number of nitro groups is 1. The van der Waals surface area contributed by atoms with Crippen LogP contribution in [0.2, 0.25) is 0 Å². The fraction of sp³-hybridized carbons (Fsp3) is 0.0606. The number of aryl methyl sites for hydroxylation is 1. The van der Waals surface area contributed by atoms with Crippen molar-refractivity contribution in [3.63, 3.8) is 0 Å². The fourth-order valence-electron chi connectivity index (χ4n) is 4.99. The molecule has 0 fully saturated rings. The second kappa shape index (κ2) is 11.4. The van der Waals surface area contributed by atoms with Crippen LogP contribution in [0, 0.1) is 28.7 Å². The van der Waals surface area contributed by atoms with Crippen molar-refractivity contribution in [3.05, 3.63) is 152 Å². The van der Waals surface area contributed by atoms with Gasteiger partial charge < -0.3 is 4.74 Å². The molecule has 9 nitrogen and oxygen atoms in total. The van der Waals surface area contributed by atoms with Crippen LogP contribution in [0.15, 0.2) is 108 Å². The topological polar surface area (TPSA) is 109 Å². The first-order chi connectivity index (χ1) is 21.2. The Morgan fingerprint density at radius 3 is 2.39 bits per heavy atom. The summed E-state index contributed by atoms with van der Waals surface area (Å²) in [6, 6.07) is 20.4. The van der Waals surface area contributed by atoms with E-state index >= 15 is 4.39 Å². The lowest BCUT2D eigenvalue weighted by Crippen LogP contribution is -2.27. The molecule has 0 atom stereocenters. The van der Waals surface area contributed by atoms with Crippen LogP contribution in [0.5, 0.6) is 11.5 Å². The number of hydrogen-bond acceptors (Lipinski definition) is 6. The molecule has 0 aliphatic heterocycles. The van der Waals surface area contributed by atoms with Crippen molar-refractivity contribution >= 4 is 17.0 Å². The van der Waals surface area contributed by atoms with Crippen molar-refractivity contribution in [2.45, 2.75) is 13.3 Å². The molecule has 0 aliphatic rings. The predicted molar refractivity (Wildman–Crippen MR) is 159 cm³/mol. The number of carbonyl (C=O) groups excluding carboxylic acids is 1. The Labute approximate surface area is 248 Å². The van der Waals surface area contributed by atoms with Crippen LogP contribution in [-0.2, 0) is 6.42 Å². The third kappa shape index (κ3) is 5.34. The molecule has 0 saturated heterocycles. The number of Topliss-reactive ketones (excluding diaryl/α,β-unsaturated/α-hetero) is 1. The Morgan fingerprint density at radius 1 is 0.932 bits per heavy atom. The highest BCUT2D eigenvalue weighted by molar-refractivity contribution is 5.98. The highest BCUT2D eigenvalue weighted by Gasteiger charge is 2.19. The molecule has 6 aromatic rings. The Morgan fingerprint density at radius 2 is 1.68 bits per heavy atom. The van der Waals surface area contributed by atoms with Gasteiger partial charge in [0, 0.05) is 48.3 Å². The number of fused-ring (bicyclic) bond motifs is 1. The Kier molecular flexibility index (Phi) is 7.28. The summed E-state index contributed by atoms with van der Waals surface area (Å²) in [6.45, 7) is 1.64. The Balaban J connectivity index is 1.26. The number of benzene rings is 3. The Hall–Kier alpha value is -5.97. The van der Waals surface area contributed by atoms with E-state index in [-0.39, 0.29) is 23.4 Å². The first-order valence-electron chi connectivity index (χ1n) is 13.4. The number of rotatable bonds is 8. The third-order valence-corrected chi connectivity index (χ3v) is 7.17. The van der Waals surface area contributed by atoms with Gasteiger partial charge in [-0.15, -0.1) is 0 Å². The van der Waals surface area contributed by atoms with E-state index in [0.717, 1.165) is 0 Å². The van der Waals surface area contributed by atoms with Crippen molar-refractivity contribution in [1.82, 2.24) is 14.2 Å². The van der Waals surface area contributed by atoms with Gasteiger partial charge in [0.1, 0.15) is 11.3 Å². The fourth-order valence-corrected chi connectivity index (χ4v) is 4.99. The third-order valence-electron chi connectivity index (χ3n) is 7.17. The lowest BCUT2D eigenvalue weighted by Gasteiger charge is -2.12. The number of non-ortho nitro benzene ring substituents is 1. The second-order valence-electron chi connectivity index (χ2n) is 10.0. The molecule has 44 heavy (non-hydrogen) atoms. The summed E-state index contributed by atoms with van der Waals surface area (Å²) in [5.41, 5.74) is 2.45. The SMILES string of the molecule is Cc1ccn(-c2ccc(F)cc2)c(=O)c1C(=O)Cc1ccc(Oc2ccnn3ccc(-c4ccc([N+](=O)[O-])cc4)c23)c(F)c1. The Bertz CT molecular complexity index is 2120. The number of aromatic nitrogens is 3. The van der Waals surface area contributed by atoms with Crippen molar-refractivity contribution in [2.75, 3.05) is 0 Å². The minimum absolute atomic E-state index is 0.0382. The first kappa shape index (κ1) is 28.2. The summed E-state index contributed by atoms with van der Waals surface area (Å²) in [6.07, 6.45) is 4.47. The summed E-state index contributed by atoms with van der Waals surface area (Å²) in [4.78, 5) is 37.0. The standard InChI is InChI=1S/C33H22F2N4O5/c1-20-13-16-37(24-9-5-23(34)6-10-24)33(41)31(20)28(40)19-21-2-11-29(27(35)18-21)44-30-12-15-36-38-17-14-26(32(30)38)22-3-7-25(8-4-22)39(42)43/h2-18H,19H2,1H3. The van der Waals surface area contributed by atoms with Gasteiger partial charge in [-0.2, -0.15) is 5.10 Å². The normalized spacial score (nSPS) is 11.1. The van der Waals surface area contributed by atoms with Crippen molar-refractivity contribution in [1.29, 1.82) is 0 Å². The van der Waals surface area contributed by atoms with Crippen molar-refractivity contribution in [2.24, 2.45) is 0 Å². The molecule has 0 spiro atoms. The number of hydrogen-bond donors (Lipinski definition) is 0. The number of ketones is 1. The van der Waals surface area contributed by atoms with Crippen LogP contribution in [-0.4, -0.2) is 24.9 Å². The van der Waals surface area contributed by atoms with Gasteiger partial charge in [0.15, 0.2) is 23.1 Å². The maximum atomic E-state index is 15.3. The van der Waals surface area contributed by atoms with Gasteiger partial charge in [-0.05, 0) is 84.3 Å². The molecular weight excluding hydrogens is 570 g/mol. The van der Waals surface area contributed by atoms with E-state index in [1.165, 1.54) is 65.5 Å². The van der Waals surface area contributed by atoms with Crippen LogP contribution >= 0.6 is 0 Å². The minimum Gasteiger partial charge on any atom is -0.452 e. The van der Waals surface area contributed by atoms with E-state index in [1.54, 1.807) is 54.0 Å². The van der Waals surface area contributed by atoms with Crippen LogP contribution < -0.4 is 10.3 Å². The lowest BCUT2D eigenvalue weighted by molar-refractivity contribution is -0.384. The summed E-state index contributed by atoms with van der Waals surface area (Å²) >= 11 is 0. The highest BCUT2D eigenvalue weighted by Crippen LogP contribution is 2.35. The molecule has 6 rings (SSSR count). The molecule has 3 heterocycles. The molecule has 0 bridgehead atoms. The molecule has 11 heteroatoms. The van der Waals surface area contributed by atoms with E-state index in [1.807, 2.05) is 0 Å². The smallest absolute Gasteiger partial charge is 0.269 e. The van der Waals surface area contributed by atoms with Gasteiger partial charge in [-0.1, -0.05) is 6.07 Å². The van der Waals surface area contributed by atoms with Crippen LogP contribution in [0.25, 0.3) is 22.3 Å². The number of nitrogens with zero attached hydrogens (tertiary/aromatic N) is 4. The quantitative estimate of drug-likeness (QED) is 0.108. The molecule has 0 amide bonds. The zero-order chi connectivity index (χ0) is 31.0. The first-order valence-corrected chi connectivity index (χ1v) is 13.4. The molecular formula is C33H22F2N4O5. The molecule has 3 aromatic heterocycles. The monoisotopic (exact) mass is 592 g/mol. The summed E-state index contributed by atoms with van der Waals surface area (Å²) in [5.74, 6) is -1.47. The molecule has 0 saturated carbocycles. The van der Waals surface area contributed by atoms with Gasteiger partial charge in [-0.25, -0.2) is 13.3 Å². The molecule has 218 valence electrons. The van der Waals surface area contributed by atoms with Gasteiger partial charge in [-0.3, -0.25) is 24.3 Å². The predicted octanol–water partition coefficient (Wildman–Crippen LogP) is 6.86. The maximum Gasteiger partial charge on any atom is 0.269 e. The summed E-state index contributed by atoms with van der Waals surface area (Å²) < 4.78 is 37.5.